The molecule has 1 aliphatic heterocycles. The molecule has 7 nitrogen and oxygen atoms in total. The van der Waals surface area contributed by atoms with Crippen molar-refractivity contribution in [2.45, 2.75) is 17.7 Å². The molecule has 8 heteroatoms. The Labute approximate surface area is 116 Å². The number of rotatable bonds is 3. The average Bonchev–Trinajstić information content (AvgIpc) is 3.01. The van der Waals surface area contributed by atoms with Crippen molar-refractivity contribution in [1.29, 1.82) is 0 Å². The molecule has 0 radical (unpaired) electrons. The summed E-state index contributed by atoms with van der Waals surface area (Å²) in [6.45, 7) is 1.17. The highest BCUT2D eigenvalue weighted by atomic mass is 32.2. The fourth-order valence-corrected chi connectivity index (χ4v) is 3.84. The van der Waals surface area contributed by atoms with E-state index in [4.69, 9.17) is 5.84 Å². The van der Waals surface area contributed by atoms with Gasteiger partial charge in [0, 0.05) is 13.1 Å². The van der Waals surface area contributed by atoms with Crippen molar-refractivity contribution in [2.75, 3.05) is 18.5 Å². The Morgan fingerprint density at radius 2 is 1.95 bits per heavy atom. The highest BCUT2D eigenvalue weighted by Crippen LogP contribution is 2.23. The van der Waals surface area contributed by atoms with Gasteiger partial charge in [0.05, 0.1) is 22.1 Å². The summed E-state index contributed by atoms with van der Waals surface area (Å²) in [4.78, 5) is 8.63. The zero-order valence-electron chi connectivity index (χ0n) is 10.8. The number of hydrogen-bond acceptors (Lipinski definition) is 6. The lowest BCUT2D eigenvalue weighted by Crippen LogP contribution is -2.27. The first-order valence-electron chi connectivity index (χ1n) is 6.35. The molecule has 1 aromatic heterocycles. The summed E-state index contributed by atoms with van der Waals surface area (Å²) in [5, 5.41) is 0. The molecule has 0 saturated carbocycles. The number of hydrazine groups is 1. The minimum atomic E-state index is -3.42. The summed E-state index contributed by atoms with van der Waals surface area (Å²) in [5.74, 6) is 5.71. The SMILES string of the molecule is NNc1cnc2cc(S(=O)(=O)N3CCCC3)ccc2n1. The van der Waals surface area contributed by atoms with Gasteiger partial charge in [0.15, 0.2) is 5.82 Å². The van der Waals surface area contributed by atoms with Gasteiger partial charge >= 0.3 is 0 Å². The molecular weight excluding hydrogens is 278 g/mol. The molecule has 0 spiro atoms. The number of anilines is 1. The fourth-order valence-electron chi connectivity index (χ4n) is 2.30. The van der Waals surface area contributed by atoms with E-state index in [1.165, 1.54) is 10.5 Å². The van der Waals surface area contributed by atoms with Gasteiger partial charge in [0.25, 0.3) is 0 Å². The summed E-state index contributed by atoms with van der Waals surface area (Å²) in [7, 11) is -3.42. The molecule has 3 N–H and O–H groups in total. The molecule has 0 unspecified atom stereocenters. The fraction of sp³-hybridized carbons (Fsp3) is 0.333. The first-order valence-corrected chi connectivity index (χ1v) is 7.79. The van der Waals surface area contributed by atoms with Gasteiger partial charge in [-0.1, -0.05) is 0 Å². The van der Waals surface area contributed by atoms with E-state index in [-0.39, 0.29) is 4.90 Å². The number of nitrogens with zero attached hydrogens (tertiary/aromatic N) is 3. The molecule has 1 fully saturated rings. The van der Waals surface area contributed by atoms with Crippen molar-refractivity contribution in [1.82, 2.24) is 14.3 Å². The predicted octanol–water partition coefficient (Wildman–Crippen LogP) is 0.700. The van der Waals surface area contributed by atoms with Crippen LogP contribution in [-0.2, 0) is 10.0 Å². The Morgan fingerprint density at radius 3 is 2.65 bits per heavy atom. The minimum Gasteiger partial charge on any atom is -0.307 e. The monoisotopic (exact) mass is 293 g/mol. The quantitative estimate of drug-likeness (QED) is 0.638. The predicted molar refractivity (Wildman–Crippen MR) is 75.3 cm³/mol. The number of nitrogen functional groups attached to an aromatic ring is 1. The molecule has 2 aromatic rings. The second kappa shape index (κ2) is 4.97. The number of nitrogens with one attached hydrogen (secondary N) is 1. The standard InChI is InChI=1S/C12H15N5O2S/c13-16-12-8-14-11-7-9(3-4-10(11)15-12)20(18,19)17-5-1-2-6-17/h3-4,7-8H,1-2,5-6,13H2,(H,15,16). The topological polar surface area (TPSA) is 101 Å². The van der Waals surface area contributed by atoms with Crippen LogP contribution in [0, 0.1) is 0 Å². The Bertz CT molecular complexity index is 741. The molecule has 20 heavy (non-hydrogen) atoms. The lowest BCUT2D eigenvalue weighted by atomic mass is 10.3. The van der Waals surface area contributed by atoms with E-state index in [1.807, 2.05) is 0 Å². The van der Waals surface area contributed by atoms with Crippen LogP contribution in [0.1, 0.15) is 12.8 Å². The van der Waals surface area contributed by atoms with Crippen molar-refractivity contribution in [3.05, 3.63) is 24.4 Å². The van der Waals surface area contributed by atoms with Crippen LogP contribution in [0.3, 0.4) is 0 Å². The van der Waals surface area contributed by atoms with Gasteiger partial charge in [0.1, 0.15) is 0 Å². The van der Waals surface area contributed by atoms with Crippen LogP contribution in [0.25, 0.3) is 11.0 Å². The first-order chi connectivity index (χ1) is 9.61. The number of benzene rings is 1. The molecule has 0 aliphatic carbocycles. The second-order valence-corrected chi connectivity index (χ2v) is 6.60. The van der Waals surface area contributed by atoms with Crippen molar-refractivity contribution in [3.63, 3.8) is 0 Å². The van der Waals surface area contributed by atoms with Crippen molar-refractivity contribution in [3.8, 4) is 0 Å². The van der Waals surface area contributed by atoms with E-state index < -0.39 is 10.0 Å². The van der Waals surface area contributed by atoms with E-state index >= 15 is 0 Å². The molecule has 0 atom stereocenters. The highest BCUT2D eigenvalue weighted by molar-refractivity contribution is 7.89. The maximum absolute atomic E-state index is 12.4. The Hall–Kier alpha value is -1.77. The van der Waals surface area contributed by atoms with Gasteiger partial charge in [-0.15, -0.1) is 0 Å². The average molecular weight is 293 g/mol. The van der Waals surface area contributed by atoms with Gasteiger partial charge < -0.3 is 5.43 Å². The zero-order chi connectivity index (χ0) is 14.2. The third kappa shape index (κ3) is 2.21. The second-order valence-electron chi connectivity index (χ2n) is 4.66. The van der Waals surface area contributed by atoms with Gasteiger partial charge in [-0.3, -0.25) is 4.98 Å². The third-order valence-electron chi connectivity index (χ3n) is 3.36. The molecule has 0 bridgehead atoms. The van der Waals surface area contributed by atoms with Crippen LogP contribution < -0.4 is 11.3 Å². The normalized spacial score (nSPS) is 16.6. The number of fused-ring (bicyclic) bond motifs is 1. The molecule has 2 heterocycles. The van der Waals surface area contributed by atoms with Crippen LogP contribution in [0.15, 0.2) is 29.3 Å². The Balaban J connectivity index is 2.04. The van der Waals surface area contributed by atoms with Crippen LogP contribution in [0.2, 0.25) is 0 Å². The van der Waals surface area contributed by atoms with Crippen LogP contribution >= 0.6 is 0 Å². The van der Waals surface area contributed by atoms with E-state index in [2.05, 4.69) is 15.4 Å². The van der Waals surface area contributed by atoms with Crippen LogP contribution in [0.4, 0.5) is 5.82 Å². The number of aromatic nitrogens is 2. The van der Waals surface area contributed by atoms with E-state index in [0.29, 0.717) is 29.9 Å². The van der Waals surface area contributed by atoms with E-state index in [9.17, 15) is 8.42 Å². The smallest absolute Gasteiger partial charge is 0.243 e. The molecule has 0 amide bonds. The van der Waals surface area contributed by atoms with Crippen molar-refractivity contribution >= 4 is 26.9 Å². The molecule has 1 aromatic carbocycles. The summed E-state index contributed by atoms with van der Waals surface area (Å²) >= 11 is 0. The molecule has 3 rings (SSSR count). The lowest BCUT2D eigenvalue weighted by molar-refractivity contribution is 0.477. The van der Waals surface area contributed by atoms with E-state index in [1.54, 1.807) is 18.2 Å². The summed E-state index contributed by atoms with van der Waals surface area (Å²) in [6.07, 6.45) is 3.30. The zero-order valence-corrected chi connectivity index (χ0v) is 11.6. The molecular formula is C12H15N5O2S. The highest BCUT2D eigenvalue weighted by Gasteiger charge is 2.27. The van der Waals surface area contributed by atoms with Gasteiger partial charge in [-0.05, 0) is 31.0 Å². The Morgan fingerprint density at radius 1 is 1.20 bits per heavy atom. The Kier molecular flexibility index (Phi) is 3.28. The minimum absolute atomic E-state index is 0.259. The summed E-state index contributed by atoms with van der Waals surface area (Å²) in [6, 6.07) is 4.76. The largest absolute Gasteiger partial charge is 0.307 e. The number of sulfonamides is 1. The number of hydrogen-bond donors (Lipinski definition) is 2. The molecule has 1 aliphatic rings. The first kappa shape index (κ1) is 13.2. The lowest BCUT2D eigenvalue weighted by Gasteiger charge is -2.15. The summed E-state index contributed by atoms with van der Waals surface area (Å²) < 4.78 is 26.4. The third-order valence-corrected chi connectivity index (χ3v) is 5.26. The maximum atomic E-state index is 12.4. The molecule has 106 valence electrons. The van der Waals surface area contributed by atoms with Crippen LogP contribution in [-0.4, -0.2) is 35.8 Å². The molecule has 1 saturated heterocycles. The van der Waals surface area contributed by atoms with Crippen molar-refractivity contribution < 1.29 is 8.42 Å². The van der Waals surface area contributed by atoms with E-state index in [0.717, 1.165) is 12.8 Å². The number of nitrogens with two attached hydrogens (primary N) is 1. The van der Waals surface area contributed by atoms with Gasteiger partial charge in [-0.25, -0.2) is 19.2 Å². The van der Waals surface area contributed by atoms with Crippen molar-refractivity contribution in [2.24, 2.45) is 5.84 Å². The van der Waals surface area contributed by atoms with Gasteiger partial charge in [0.2, 0.25) is 10.0 Å². The maximum Gasteiger partial charge on any atom is 0.243 e. The van der Waals surface area contributed by atoms with Gasteiger partial charge in [-0.2, -0.15) is 4.31 Å². The summed E-state index contributed by atoms with van der Waals surface area (Å²) in [5.41, 5.74) is 3.54. The van der Waals surface area contributed by atoms with Crippen LogP contribution in [0.5, 0.6) is 0 Å².